The molecule has 0 aliphatic rings. The number of aromatic nitrogens is 2. The molecule has 0 N–H and O–H groups in total. The molecule has 0 unspecified atom stereocenters. The summed E-state index contributed by atoms with van der Waals surface area (Å²) in [4.78, 5) is 4.55. The van der Waals surface area contributed by atoms with Crippen LogP contribution in [0.15, 0.2) is 12.4 Å². The van der Waals surface area contributed by atoms with Crippen LogP contribution in [0.5, 0.6) is 0 Å². The van der Waals surface area contributed by atoms with Crippen molar-refractivity contribution in [2.45, 2.75) is 71.5 Å². The highest BCUT2D eigenvalue weighted by molar-refractivity contribution is 6.82. The number of imidazole rings is 1. The van der Waals surface area contributed by atoms with E-state index < -0.39 is 8.24 Å². The SMILES string of the molecule is CCc1nccn1[Si](C(C)C)(C(C)C)C(C)C. The Morgan fingerprint density at radius 3 is 1.88 bits per heavy atom. The summed E-state index contributed by atoms with van der Waals surface area (Å²) in [7, 11) is -1.56. The number of aryl methyl sites for hydroxylation is 1. The van der Waals surface area contributed by atoms with Crippen molar-refractivity contribution in [3.05, 3.63) is 18.2 Å². The standard InChI is InChI=1S/C14H28N2Si/c1-8-14-15-9-10-16(14)17(11(2)3,12(4)5)13(6)7/h9-13H,8H2,1-7H3. The molecule has 0 fully saturated rings. The third-order valence-corrected chi connectivity index (χ3v) is 11.0. The molecule has 1 aromatic rings. The van der Waals surface area contributed by atoms with Gasteiger partial charge in [-0.3, -0.25) is 0 Å². The molecule has 17 heavy (non-hydrogen) atoms. The quantitative estimate of drug-likeness (QED) is 0.707. The van der Waals surface area contributed by atoms with E-state index in [4.69, 9.17) is 0 Å². The first-order valence-electron chi connectivity index (χ1n) is 6.91. The first-order chi connectivity index (χ1) is 7.88. The van der Waals surface area contributed by atoms with E-state index in [1.807, 2.05) is 6.20 Å². The minimum absolute atomic E-state index is 0.738. The summed E-state index contributed by atoms with van der Waals surface area (Å²) in [5.74, 6) is 1.27. The van der Waals surface area contributed by atoms with Gasteiger partial charge in [0.1, 0.15) is 0 Å². The van der Waals surface area contributed by atoms with Gasteiger partial charge in [0.05, 0.1) is 5.82 Å². The summed E-state index contributed by atoms with van der Waals surface area (Å²) in [6.07, 6.45) is 5.24. The monoisotopic (exact) mass is 252 g/mol. The van der Waals surface area contributed by atoms with Gasteiger partial charge in [-0.25, -0.2) is 4.98 Å². The second-order valence-electron chi connectivity index (χ2n) is 5.92. The maximum atomic E-state index is 4.55. The van der Waals surface area contributed by atoms with E-state index in [2.05, 4.69) is 63.9 Å². The van der Waals surface area contributed by atoms with Gasteiger partial charge in [0.25, 0.3) is 0 Å². The molecule has 3 heteroatoms. The molecule has 1 heterocycles. The van der Waals surface area contributed by atoms with E-state index in [0.717, 1.165) is 23.0 Å². The van der Waals surface area contributed by atoms with Crippen molar-refractivity contribution in [2.24, 2.45) is 0 Å². The molecule has 0 aliphatic carbocycles. The Hall–Kier alpha value is -0.573. The van der Waals surface area contributed by atoms with E-state index in [1.54, 1.807) is 0 Å². The smallest absolute Gasteiger partial charge is 0.170 e. The van der Waals surface area contributed by atoms with Gasteiger partial charge in [0.15, 0.2) is 8.24 Å². The largest absolute Gasteiger partial charge is 0.361 e. The van der Waals surface area contributed by atoms with Crippen LogP contribution in [0.1, 0.15) is 54.3 Å². The summed E-state index contributed by atoms with van der Waals surface area (Å²) in [5, 5.41) is 0. The van der Waals surface area contributed by atoms with Crippen LogP contribution in [0.4, 0.5) is 0 Å². The van der Waals surface area contributed by atoms with Crippen LogP contribution in [-0.2, 0) is 6.42 Å². The van der Waals surface area contributed by atoms with Crippen molar-refractivity contribution in [3.8, 4) is 0 Å². The molecule has 1 rings (SSSR count). The second kappa shape index (κ2) is 5.38. The third-order valence-electron chi connectivity index (χ3n) is 4.23. The molecule has 0 saturated carbocycles. The molecule has 0 spiro atoms. The zero-order chi connectivity index (χ0) is 13.2. The van der Waals surface area contributed by atoms with E-state index in [-0.39, 0.29) is 0 Å². The van der Waals surface area contributed by atoms with Crippen LogP contribution in [0.3, 0.4) is 0 Å². The Morgan fingerprint density at radius 1 is 1.06 bits per heavy atom. The lowest BCUT2D eigenvalue weighted by atomic mass is 10.5. The molecule has 0 aliphatic heterocycles. The van der Waals surface area contributed by atoms with Gasteiger partial charge in [-0.1, -0.05) is 48.5 Å². The predicted octanol–water partition coefficient (Wildman–Crippen LogP) is 4.47. The minimum Gasteiger partial charge on any atom is -0.361 e. The highest BCUT2D eigenvalue weighted by atomic mass is 28.3. The highest BCUT2D eigenvalue weighted by Crippen LogP contribution is 2.42. The molecule has 0 atom stereocenters. The van der Waals surface area contributed by atoms with Crippen molar-refractivity contribution in [3.63, 3.8) is 0 Å². The van der Waals surface area contributed by atoms with Gasteiger partial charge in [-0.05, 0) is 16.6 Å². The van der Waals surface area contributed by atoms with Crippen molar-refractivity contribution in [1.29, 1.82) is 0 Å². The molecule has 2 nitrogen and oxygen atoms in total. The minimum atomic E-state index is -1.56. The topological polar surface area (TPSA) is 17.8 Å². The maximum absolute atomic E-state index is 4.55. The number of hydrogen-bond acceptors (Lipinski definition) is 1. The number of hydrogen-bond donors (Lipinski definition) is 0. The van der Waals surface area contributed by atoms with Gasteiger partial charge >= 0.3 is 0 Å². The summed E-state index contributed by atoms with van der Waals surface area (Å²) < 4.78 is 2.58. The summed E-state index contributed by atoms with van der Waals surface area (Å²) in [6, 6.07) is 0. The zero-order valence-electron chi connectivity index (χ0n) is 12.5. The molecule has 0 saturated heterocycles. The van der Waals surface area contributed by atoms with Gasteiger partial charge < -0.3 is 4.23 Å². The normalized spacial score (nSPS) is 13.1. The van der Waals surface area contributed by atoms with Gasteiger partial charge in [-0.2, -0.15) is 0 Å². The van der Waals surface area contributed by atoms with Gasteiger partial charge in [0.2, 0.25) is 0 Å². The average Bonchev–Trinajstić information content (AvgIpc) is 2.65. The molecule has 1 aromatic heterocycles. The second-order valence-corrected chi connectivity index (χ2v) is 11.6. The molecular weight excluding hydrogens is 224 g/mol. The molecule has 0 bridgehead atoms. The van der Waals surface area contributed by atoms with E-state index in [0.29, 0.717) is 0 Å². The van der Waals surface area contributed by atoms with Gasteiger partial charge in [-0.15, -0.1) is 0 Å². The van der Waals surface area contributed by atoms with E-state index in [1.165, 1.54) is 5.82 Å². The highest BCUT2D eigenvalue weighted by Gasteiger charge is 2.45. The summed E-state index contributed by atoms with van der Waals surface area (Å²) in [6.45, 7) is 16.6. The first-order valence-corrected chi connectivity index (χ1v) is 9.09. The Bertz CT molecular complexity index is 331. The van der Waals surface area contributed by atoms with Crippen molar-refractivity contribution >= 4 is 8.24 Å². The fourth-order valence-electron chi connectivity index (χ4n) is 3.78. The lowest BCUT2D eigenvalue weighted by Gasteiger charge is -2.44. The lowest BCUT2D eigenvalue weighted by molar-refractivity contribution is 0.743. The predicted molar refractivity (Wildman–Crippen MR) is 78.1 cm³/mol. The van der Waals surface area contributed by atoms with Crippen LogP contribution < -0.4 is 0 Å². The Kier molecular flexibility index (Phi) is 4.59. The molecular formula is C14H28N2Si. The van der Waals surface area contributed by atoms with Crippen LogP contribution in [0.25, 0.3) is 0 Å². The van der Waals surface area contributed by atoms with Crippen LogP contribution in [-0.4, -0.2) is 17.5 Å². The maximum Gasteiger partial charge on any atom is 0.170 e. The third kappa shape index (κ3) is 2.22. The fraction of sp³-hybridized carbons (Fsp3) is 0.786. The van der Waals surface area contributed by atoms with Crippen molar-refractivity contribution in [2.75, 3.05) is 0 Å². The number of nitrogens with zero attached hydrogens (tertiary/aromatic N) is 2. The first kappa shape index (κ1) is 14.5. The molecule has 98 valence electrons. The lowest BCUT2D eigenvalue weighted by Crippen LogP contribution is -2.52. The Balaban J connectivity index is 3.42. The number of rotatable bonds is 5. The fourth-order valence-corrected chi connectivity index (χ4v) is 10.4. The van der Waals surface area contributed by atoms with Crippen LogP contribution in [0.2, 0.25) is 16.6 Å². The molecule has 0 radical (unpaired) electrons. The Labute approximate surface area is 108 Å². The van der Waals surface area contributed by atoms with E-state index in [9.17, 15) is 0 Å². The molecule has 0 aromatic carbocycles. The van der Waals surface area contributed by atoms with Crippen molar-refractivity contribution in [1.82, 2.24) is 9.22 Å². The summed E-state index contributed by atoms with van der Waals surface area (Å²) >= 11 is 0. The zero-order valence-corrected chi connectivity index (χ0v) is 13.5. The summed E-state index contributed by atoms with van der Waals surface area (Å²) in [5.41, 5.74) is 2.21. The van der Waals surface area contributed by atoms with Crippen LogP contribution >= 0.6 is 0 Å². The molecule has 0 amide bonds. The van der Waals surface area contributed by atoms with Gasteiger partial charge in [0, 0.05) is 18.8 Å². The Morgan fingerprint density at radius 2 is 1.53 bits per heavy atom. The van der Waals surface area contributed by atoms with E-state index >= 15 is 0 Å². The van der Waals surface area contributed by atoms with Crippen molar-refractivity contribution < 1.29 is 0 Å². The average molecular weight is 252 g/mol. The van der Waals surface area contributed by atoms with Crippen LogP contribution in [0, 0.1) is 0 Å².